The van der Waals surface area contributed by atoms with Crippen molar-refractivity contribution < 1.29 is 4.79 Å². The molecule has 0 heterocycles. The van der Waals surface area contributed by atoms with Crippen molar-refractivity contribution in [1.82, 2.24) is 0 Å². The van der Waals surface area contributed by atoms with E-state index in [-0.39, 0.29) is 11.2 Å². The Balaban J connectivity index is 3.08. The van der Waals surface area contributed by atoms with Crippen molar-refractivity contribution in [2.75, 3.05) is 0 Å². The maximum Gasteiger partial charge on any atom is 0.224 e. The lowest BCUT2D eigenvalue weighted by Gasteiger charge is -2.05. The number of hydrogen-bond acceptors (Lipinski definition) is 1. The molecule has 0 aromatic rings. The molecule has 0 bridgehead atoms. The Kier molecular flexibility index (Phi) is 10.4. The van der Waals surface area contributed by atoms with Crippen LogP contribution in [-0.4, -0.2) is 5.24 Å². The summed E-state index contributed by atoms with van der Waals surface area (Å²) in [6, 6.07) is 0. The van der Waals surface area contributed by atoms with Crippen LogP contribution in [0.2, 0.25) is 0 Å². The number of carbonyl (C=O) groups is 1. The highest BCUT2D eigenvalue weighted by Gasteiger charge is 2.08. The second-order valence-electron chi connectivity index (χ2n) is 4.47. The lowest BCUT2D eigenvalue weighted by Crippen LogP contribution is -2.02. The molecule has 1 nitrogen and oxygen atoms in total. The summed E-state index contributed by atoms with van der Waals surface area (Å²) in [4.78, 5) is 10.7. The van der Waals surface area contributed by atoms with E-state index in [2.05, 4.69) is 6.92 Å². The molecule has 0 saturated carbocycles. The lowest BCUT2D eigenvalue weighted by atomic mass is 10.0. The molecule has 0 aromatic carbocycles. The van der Waals surface area contributed by atoms with Crippen LogP contribution in [0, 0.1) is 5.92 Å². The van der Waals surface area contributed by atoms with E-state index < -0.39 is 0 Å². The highest BCUT2D eigenvalue weighted by atomic mass is 35.5. The van der Waals surface area contributed by atoms with Crippen LogP contribution in [0.5, 0.6) is 0 Å². The first-order valence-corrected chi connectivity index (χ1v) is 6.75. The number of carbonyl (C=O) groups excluding carboxylic acids is 1. The molecule has 90 valence electrons. The van der Waals surface area contributed by atoms with E-state index in [0.717, 1.165) is 12.8 Å². The molecule has 0 aliphatic carbocycles. The topological polar surface area (TPSA) is 17.1 Å². The van der Waals surface area contributed by atoms with Crippen molar-refractivity contribution in [1.29, 1.82) is 0 Å². The SMILES string of the molecule is CCCCCCCCCC[C@H](C)C(=O)Cl. The van der Waals surface area contributed by atoms with Gasteiger partial charge in [-0.3, -0.25) is 4.79 Å². The van der Waals surface area contributed by atoms with E-state index in [0.29, 0.717) is 0 Å². The van der Waals surface area contributed by atoms with Gasteiger partial charge in [-0.1, -0.05) is 65.2 Å². The van der Waals surface area contributed by atoms with E-state index in [4.69, 9.17) is 11.6 Å². The van der Waals surface area contributed by atoms with Crippen molar-refractivity contribution in [2.24, 2.45) is 5.92 Å². The summed E-state index contributed by atoms with van der Waals surface area (Å²) in [5.41, 5.74) is 0. The van der Waals surface area contributed by atoms with Gasteiger partial charge in [-0.2, -0.15) is 0 Å². The maximum atomic E-state index is 10.7. The van der Waals surface area contributed by atoms with Gasteiger partial charge in [0.25, 0.3) is 0 Å². The zero-order chi connectivity index (χ0) is 11.5. The van der Waals surface area contributed by atoms with Crippen LogP contribution in [-0.2, 0) is 4.79 Å². The molecule has 0 aliphatic heterocycles. The van der Waals surface area contributed by atoms with Crippen LogP contribution >= 0.6 is 11.6 Å². The fourth-order valence-corrected chi connectivity index (χ4v) is 1.81. The van der Waals surface area contributed by atoms with Crippen LogP contribution in [0.25, 0.3) is 0 Å². The van der Waals surface area contributed by atoms with Gasteiger partial charge in [-0.05, 0) is 18.0 Å². The molecule has 0 N–H and O–H groups in total. The van der Waals surface area contributed by atoms with E-state index in [1.807, 2.05) is 6.92 Å². The Morgan fingerprint density at radius 3 is 1.93 bits per heavy atom. The Labute approximate surface area is 99.6 Å². The molecule has 0 aliphatic rings. The van der Waals surface area contributed by atoms with Gasteiger partial charge in [0.1, 0.15) is 0 Å². The Hall–Kier alpha value is -0.0400. The van der Waals surface area contributed by atoms with Crippen LogP contribution in [0.4, 0.5) is 0 Å². The average molecular weight is 233 g/mol. The smallest absolute Gasteiger partial charge is 0.224 e. The van der Waals surface area contributed by atoms with Gasteiger partial charge in [-0.25, -0.2) is 0 Å². The third kappa shape index (κ3) is 10.2. The molecular weight excluding hydrogens is 208 g/mol. The summed E-state index contributed by atoms with van der Waals surface area (Å²) in [5, 5.41) is -0.182. The second kappa shape index (κ2) is 10.5. The first kappa shape index (κ1) is 15.0. The van der Waals surface area contributed by atoms with Crippen LogP contribution in [0.15, 0.2) is 0 Å². The van der Waals surface area contributed by atoms with Gasteiger partial charge in [0.15, 0.2) is 0 Å². The van der Waals surface area contributed by atoms with E-state index in [1.165, 1.54) is 44.9 Å². The Morgan fingerprint density at radius 2 is 1.47 bits per heavy atom. The summed E-state index contributed by atoms with van der Waals surface area (Å²) in [6.07, 6.45) is 11.5. The third-order valence-corrected chi connectivity index (χ3v) is 3.25. The minimum absolute atomic E-state index is 0.0479. The zero-order valence-corrected chi connectivity index (χ0v) is 11.0. The van der Waals surface area contributed by atoms with Crippen LogP contribution < -0.4 is 0 Å². The first-order valence-electron chi connectivity index (χ1n) is 6.37. The molecule has 0 radical (unpaired) electrons. The predicted molar refractivity (Wildman–Crippen MR) is 67.3 cm³/mol. The summed E-state index contributed by atoms with van der Waals surface area (Å²) in [6.45, 7) is 4.15. The molecular formula is C13H25ClO. The maximum absolute atomic E-state index is 10.7. The van der Waals surface area contributed by atoms with Crippen molar-refractivity contribution in [3.63, 3.8) is 0 Å². The van der Waals surface area contributed by atoms with Gasteiger partial charge in [0, 0.05) is 5.92 Å². The van der Waals surface area contributed by atoms with E-state index in [1.54, 1.807) is 0 Å². The van der Waals surface area contributed by atoms with Crippen molar-refractivity contribution in [3.05, 3.63) is 0 Å². The molecule has 2 heteroatoms. The molecule has 0 saturated heterocycles. The average Bonchev–Trinajstić information content (AvgIpc) is 2.21. The minimum Gasteiger partial charge on any atom is -0.281 e. The monoisotopic (exact) mass is 232 g/mol. The van der Waals surface area contributed by atoms with Crippen molar-refractivity contribution in [2.45, 2.75) is 71.6 Å². The molecule has 0 aromatic heterocycles. The quantitative estimate of drug-likeness (QED) is 0.386. The van der Waals surface area contributed by atoms with Gasteiger partial charge in [0.2, 0.25) is 5.24 Å². The van der Waals surface area contributed by atoms with Crippen LogP contribution in [0.3, 0.4) is 0 Å². The molecule has 0 amide bonds. The highest BCUT2D eigenvalue weighted by molar-refractivity contribution is 6.63. The van der Waals surface area contributed by atoms with E-state index >= 15 is 0 Å². The number of hydrogen-bond donors (Lipinski definition) is 0. The summed E-state index contributed by atoms with van der Waals surface area (Å²) in [7, 11) is 0. The second-order valence-corrected chi connectivity index (χ2v) is 4.84. The largest absolute Gasteiger partial charge is 0.281 e. The number of rotatable bonds is 10. The normalized spacial score (nSPS) is 12.7. The number of halogens is 1. The van der Waals surface area contributed by atoms with Crippen LogP contribution in [0.1, 0.15) is 71.6 Å². The number of unbranched alkanes of at least 4 members (excludes halogenated alkanes) is 7. The van der Waals surface area contributed by atoms with Crippen molar-refractivity contribution >= 4 is 16.8 Å². The summed E-state index contributed by atoms with van der Waals surface area (Å²) >= 11 is 5.39. The molecule has 0 fully saturated rings. The van der Waals surface area contributed by atoms with E-state index in [9.17, 15) is 4.79 Å². The Bertz CT molecular complexity index is 157. The molecule has 0 rings (SSSR count). The third-order valence-electron chi connectivity index (χ3n) is 2.88. The van der Waals surface area contributed by atoms with Crippen molar-refractivity contribution in [3.8, 4) is 0 Å². The van der Waals surface area contributed by atoms with Gasteiger partial charge in [0.05, 0.1) is 0 Å². The fourth-order valence-electron chi connectivity index (χ4n) is 1.70. The predicted octanol–water partition coefficient (Wildman–Crippen LogP) is 4.92. The standard InChI is InChI=1S/C13H25ClO/c1-3-4-5-6-7-8-9-10-11-12(2)13(14)15/h12H,3-11H2,1-2H3/t12-/m0/s1. The highest BCUT2D eigenvalue weighted by Crippen LogP contribution is 2.14. The van der Waals surface area contributed by atoms with Gasteiger partial charge < -0.3 is 0 Å². The molecule has 15 heavy (non-hydrogen) atoms. The summed E-state index contributed by atoms with van der Waals surface area (Å²) < 4.78 is 0. The minimum atomic E-state index is -0.182. The molecule has 0 spiro atoms. The molecule has 1 atom stereocenters. The molecule has 0 unspecified atom stereocenters. The van der Waals surface area contributed by atoms with Gasteiger partial charge in [-0.15, -0.1) is 0 Å². The lowest BCUT2D eigenvalue weighted by molar-refractivity contribution is -0.114. The fraction of sp³-hybridized carbons (Fsp3) is 0.923. The summed E-state index contributed by atoms with van der Waals surface area (Å²) in [5.74, 6) is 0.0479. The first-order chi connectivity index (χ1) is 7.18. The van der Waals surface area contributed by atoms with Gasteiger partial charge >= 0.3 is 0 Å². The zero-order valence-electron chi connectivity index (χ0n) is 10.2. The Morgan fingerprint density at radius 1 is 1.00 bits per heavy atom.